The number of hydrogen-bond donors (Lipinski definition) is 2. The summed E-state index contributed by atoms with van der Waals surface area (Å²) in [5.41, 5.74) is 2.44. The second-order valence-corrected chi connectivity index (χ2v) is 5.80. The van der Waals surface area contributed by atoms with Gasteiger partial charge in [-0.25, -0.2) is 4.39 Å². The van der Waals surface area contributed by atoms with Crippen LogP contribution < -0.4 is 10.1 Å². The molecule has 1 atom stereocenters. The minimum Gasteiger partial charge on any atom is -0.484 e. The van der Waals surface area contributed by atoms with Crippen LogP contribution in [-0.2, 0) is 9.59 Å². The molecule has 2 aromatic rings. The molecule has 0 saturated heterocycles. The first-order valence-electron chi connectivity index (χ1n) is 7.82. The number of halogens is 1. The highest BCUT2D eigenvalue weighted by atomic mass is 19.1. The molecule has 2 aromatic carbocycles. The molecule has 0 saturated carbocycles. The van der Waals surface area contributed by atoms with E-state index in [0.717, 1.165) is 11.1 Å². The number of hydrogen-bond acceptors (Lipinski definition) is 3. The van der Waals surface area contributed by atoms with Crippen LogP contribution in [0.4, 0.5) is 4.39 Å². The predicted molar refractivity (Wildman–Crippen MR) is 91.2 cm³/mol. The number of ether oxygens (including phenoxy) is 1. The van der Waals surface area contributed by atoms with Crippen LogP contribution in [0, 0.1) is 19.7 Å². The van der Waals surface area contributed by atoms with Crippen molar-refractivity contribution in [3.8, 4) is 5.75 Å². The fourth-order valence-corrected chi connectivity index (χ4v) is 2.41. The molecule has 0 spiro atoms. The molecular weight excluding hydrogens is 325 g/mol. The van der Waals surface area contributed by atoms with Gasteiger partial charge in [-0.05, 0) is 43.2 Å². The van der Waals surface area contributed by atoms with Crippen LogP contribution in [0.2, 0.25) is 0 Å². The first-order chi connectivity index (χ1) is 11.9. The van der Waals surface area contributed by atoms with Crippen LogP contribution in [0.5, 0.6) is 5.75 Å². The average Bonchev–Trinajstić information content (AvgIpc) is 2.55. The smallest absolute Gasteiger partial charge is 0.312 e. The van der Waals surface area contributed by atoms with Gasteiger partial charge in [0.25, 0.3) is 5.91 Å². The number of carbonyl (C=O) groups is 2. The van der Waals surface area contributed by atoms with Crippen molar-refractivity contribution in [1.29, 1.82) is 0 Å². The Hall–Kier alpha value is -2.89. The third kappa shape index (κ3) is 5.31. The maximum atomic E-state index is 13.0. The number of amides is 1. The topological polar surface area (TPSA) is 75.6 Å². The highest BCUT2D eigenvalue weighted by Crippen LogP contribution is 2.19. The molecule has 5 nitrogen and oxygen atoms in total. The molecule has 2 N–H and O–H groups in total. The van der Waals surface area contributed by atoms with Crippen LogP contribution in [0.15, 0.2) is 42.5 Å². The molecule has 0 bridgehead atoms. The van der Waals surface area contributed by atoms with Crippen molar-refractivity contribution < 1.29 is 23.8 Å². The lowest BCUT2D eigenvalue weighted by Gasteiger charge is -2.14. The van der Waals surface area contributed by atoms with Gasteiger partial charge in [0.05, 0.1) is 5.92 Å². The SMILES string of the molecule is Cc1ccc(OCC(=O)NCC(C(=O)O)c2ccc(F)cc2)c(C)c1. The number of carboxylic acid groups (broad SMARTS) is 1. The van der Waals surface area contributed by atoms with E-state index in [0.29, 0.717) is 11.3 Å². The first-order valence-corrected chi connectivity index (χ1v) is 7.82. The third-order valence-corrected chi connectivity index (χ3v) is 3.76. The van der Waals surface area contributed by atoms with Crippen molar-refractivity contribution >= 4 is 11.9 Å². The van der Waals surface area contributed by atoms with E-state index in [9.17, 15) is 19.1 Å². The number of rotatable bonds is 7. The van der Waals surface area contributed by atoms with E-state index in [1.54, 1.807) is 6.07 Å². The van der Waals surface area contributed by atoms with Crippen LogP contribution in [0.3, 0.4) is 0 Å². The number of nitrogens with one attached hydrogen (secondary N) is 1. The van der Waals surface area contributed by atoms with Gasteiger partial charge in [0.15, 0.2) is 6.61 Å². The van der Waals surface area contributed by atoms with E-state index < -0.39 is 23.6 Å². The van der Waals surface area contributed by atoms with Gasteiger partial charge in [-0.1, -0.05) is 29.8 Å². The Kier molecular flexibility index (Phi) is 6.11. The second-order valence-electron chi connectivity index (χ2n) is 5.80. The summed E-state index contributed by atoms with van der Waals surface area (Å²) in [6.07, 6.45) is 0. The lowest BCUT2D eigenvalue weighted by molar-refractivity contribution is -0.138. The fraction of sp³-hybridized carbons (Fsp3) is 0.263. The maximum absolute atomic E-state index is 13.0. The Morgan fingerprint density at radius 2 is 1.84 bits per heavy atom. The van der Waals surface area contributed by atoms with Gasteiger partial charge in [-0.15, -0.1) is 0 Å². The quantitative estimate of drug-likeness (QED) is 0.809. The lowest BCUT2D eigenvalue weighted by Crippen LogP contribution is -2.34. The van der Waals surface area contributed by atoms with Gasteiger partial charge in [-0.2, -0.15) is 0 Å². The van der Waals surface area contributed by atoms with E-state index in [1.165, 1.54) is 24.3 Å². The summed E-state index contributed by atoms with van der Waals surface area (Å²) in [6, 6.07) is 10.8. The molecule has 1 unspecified atom stereocenters. The second kappa shape index (κ2) is 8.28. The van der Waals surface area contributed by atoms with E-state index in [2.05, 4.69) is 5.32 Å². The molecule has 1 amide bonds. The molecule has 0 fully saturated rings. The van der Waals surface area contributed by atoms with Crippen molar-refractivity contribution in [3.05, 3.63) is 65.0 Å². The van der Waals surface area contributed by atoms with Gasteiger partial charge >= 0.3 is 5.97 Å². The number of carboxylic acids is 1. The zero-order chi connectivity index (χ0) is 18.4. The van der Waals surface area contributed by atoms with Gasteiger partial charge in [0.1, 0.15) is 11.6 Å². The molecule has 0 aromatic heterocycles. The van der Waals surface area contributed by atoms with E-state index >= 15 is 0 Å². The van der Waals surface area contributed by atoms with Crippen LogP contribution in [0.1, 0.15) is 22.6 Å². The highest BCUT2D eigenvalue weighted by molar-refractivity contribution is 5.80. The van der Waals surface area contributed by atoms with Crippen molar-refractivity contribution in [2.75, 3.05) is 13.2 Å². The van der Waals surface area contributed by atoms with Crippen LogP contribution >= 0.6 is 0 Å². The monoisotopic (exact) mass is 345 g/mol. The fourth-order valence-electron chi connectivity index (χ4n) is 2.41. The summed E-state index contributed by atoms with van der Waals surface area (Å²) < 4.78 is 18.4. The molecule has 0 aliphatic heterocycles. The van der Waals surface area contributed by atoms with Crippen LogP contribution in [-0.4, -0.2) is 30.1 Å². The van der Waals surface area contributed by atoms with Crippen molar-refractivity contribution in [3.63, 3.8) is 0 Å². The largest absolute Gasteiger partial charge is 0.484 e. The van der Waals surface area contributed by atoms with Gasteiger partial charge in [0.2, 0.25) is 0 Å². The molecular formula is C19H20FNO4. The van der Waals surface area contributed by atoms with Crippen molar-refractivity contribution in [2.24, 2.45) is 0 Å². The lowest BCUT2D eigenvalue weighted by atomic mass is 9.99. The Morgan fingerprint density at radius 1 is 1.16 bits per heavy atom. The molecule has 25 heavy (non-hydrogen) atoms. The minimum atomic E-state index is -1.10. The molecule has 6 heteroatoms. The first kappa shape index (κ1) is 18.4. The third-order valence-electron chi connectivity index (χ3n) is 3.76. The summed E-state index contributed by atoms with van der Waals surface area (Å²) in [6.45, 7) is 3.54. The molecule has 0 aliphatic rings. The van der Waals surface area contributed by atoms with Crippen molar-refractivity contribution in [1.82, 2.24) is 5.32 Å². The summed E-state index contributed by atoms with van der Waals surface area (Å²) in [7, 11) is 0. The van der Waals surface area contributed by atoms with E-state index in [1.807, 2.05) is 26.0 Å². The number of benzene rings is 2. The Morgan fingerprint density at radius 3 is 2.44 bits per heavy atom. The van der Waals surface area contributed by atoms with E-state index in [4.69, 9.17) is 4.74 Å². The van der Waals surface area contributed by atoms with Gasteiger partial charge < -0.3 is 15.2 Å². The summed E-state index contributed by atoms with van der Waals surface area (Å²) >= 11 is 0. The number of carbonyl (C=O) groups excluding carboxylic acids is 1. The summed E-state index contributed by atoms with van der Waals surface area (Å²) in [5, 5.41) is 11.8. The van der Waals surface area contributed by atoms with Gasteiger partial charge in [0, 0.05) is 6.54 Å². The molecule has 2 rings (SSSR count). The normalized spacial score (nSPS) is 11.6. The van der Waals surface area contributed by atoms with E-state index in [-0.39, 0.29) is 13.2 Å². The maximum Gasteiger partial charge on any atom is 0.312 e. The molecule has 132 valence electrons. The zero-order valence-electron chi connectivity index (χ0n) is 14.1. The van der Waals surface area contributed by atoms with Gasteiger partial charge in [-0.3, -0.25) is 9.59 Å². The minimum absolute atomic E-state index is 0.101. The average molecular weight is 345 g/mol. The Labute approximate surface area is 145 Å². The number of aryl methyl sites for hydroxylation is 2. The number of aliphatic carboxylic acids is 1. The molecule has 0 aliphatic carbocycles. The Balaban J connectivity index is 1.90. The highest BCUT2D eigenvalue weighted by Gasteiger charge is 2.20. The Bertz CT molecular complexity index is 759. The van der Waals surface area contributed by atoms with Crippen molar-refractivity contribution in [2.45, 2.75) is 19.8 Å². The standard InChI is InChI=1S/C19H20FNO4/c1-12-3-8-17(13(2)9-12)25-11-18(22)21-10-16(19(23)24)14-4-6-15(20)7-5-14/h3-9,16H,10-11H2,1-2H3,(H,21,22)(H,23,24). The van der Waals surface area contributed by atoms with Crippen LogP contribution in [0.25, 0.3) is 0 Å². The zero-order valence-corrected chi connectivity index (χ0v) is 14.1. The molecule has 0 radical (unpaired) electrons. The molecule has 0 heterocycles. The summed E-state index contributed by atoms with van der Waals surface area (Å²) in [4.78, 5) is 23.3. The summed E-state index contributed by atoms with van der Waals surface area (Å²) in [5.74, 6) is -2.31. The predicted octanol–water partition coefficient (Wildman–Crippen LogP) is 2.81.